The standard InChI is InChI=1S/C36H59NO6/c1-4-6-8-15-31(40)21-19-29-18-17-28-14-11-13-27(5-2)33(28)22-20-30(12-9-7-10-16-35(42)43)36(37-24-26(3)39)34(29)23-32(41)25-38/h11,13-14,19,21,26,30-32,36-41H,4-10,12,15-18,20,22-25H2,1-3H3,(H,42,43). The van der Waals surface area contributed by atoms with Gasteiger partial charge in [0.2, 0.25) is 0 Å². The summed E-state index contributed by atoms with van der Waals surface area (Å²) in [6, 6.07) is 6.45. The molecule has 2 rings (SSSR count). The first kappa shape index (κ1) is 37.2. The zero-order valence-corrected chi connectivity index (χ0v) is 26.9. The summed E-state index contributed by atoms with van der Waals surface area (Å²) < 4.78 is 0. The summed E-state index contributed by atoms with van der Waals surface area (Å²) in [5.74, 6) is -0.589. The van der Waals surface area contributed by atoms with Gasteiger partial charge in [-0.05, 0) is 98.5 Å². The molecule has 1 aliphatic rings. The Labute approximate surface area is 260 Å². The minimum atomic E-state index is -0.915. The molecule has 0 spiro atoms. The van der Waals surface area contributed by atoms with E-state index in [9.17, 15) is 25.2 Å². The number of aryl methyl sites for hydroxylation is 2. The lowest BCUT2D eigenvalue weighted by atomic mass is 9.77. The molecule has 6 N–H and O–H groups in total. The molecule has 0 aliphatic heterocycles. The summed E-state index contributed by atoms with van der Waals surface area (Å²) in [6.45, 7) is 6.16. The lowest BCUT2D eigenvalue weighted by Crippen LogP contribution is -2.43. The van der Waals surface area contributed by atoms with E-state index >= 15 is 0 Å². The van der Waals surface area contributed by atoms with E-state index in [1.54, 1.807) is 6.92 Å². The third kappa shape index (κ3) is 13.7. The predicted octanol–water partition coefficient (Wildman–Crippen LogP) is 5.66. The van der Waals surface area contributed by atoms with Crippen molar-refractivity contribution in [2.75, 3.05) is 13.2 Å². The molecule has 0 amide bonds. The van der Waals surface area contributed by atoms with Gasteiger partial charge in [0.05, 0.1) is 24.9 Å². The predicted molar refractivity (Wildman–Crippen MR) is 174 cm³/mol. The van der Waals surface area contributed by atoms with Crippen molar-refractivity contribution in [3.8, 4) is 0 Å². The number of carboxylic acids is 1. The van der Waals surface area contributed by atoms with Gasteiger partial charge < -0.3 is 30.8 Å². The number of hydrogen-bond donors (Lipinski definition) is 6. The maximum atomic E-state index is 11.1. The van der Waals surface area contributed by atoms with Gasteiger partial charge in [0.25, 0.3) is 0 Å². The second-order valence-electron chi connectivity index (χ2n) is 12.4. The molecule has 0 radical (unpaired) electrons. The monoisotopic (exact) mass is 601 g/mol. The van der Waals surface area contributed by atoms with Gasteiger partial charge >= 0.3 is 5.97 Å². The molecular weight excluding hydrogens is 542 g/mol. The van der Waals surface area contributed by atoms with Crippen molar-refractivity contribution >= 4 is 5.97 Å². The van der Waals surface area contributed by atoms with Crippen molar-refractivity contribution in [2.45, 2.75) is 141 Å². The van der Waals surface area contributed by atoms with E-state index < -0.39 is 24.3 Å². The highest BCUT2D eigenvalue weighted by atomic mass is 16.4. The van der Waals surface area contributed by atoms with Gasteiger partial charge in [-0.1, -0.05) is 76.3 Å². The summed E-state index contributed by atoms with van der Waals surface area (Å²) in [7, 11) is 0. The summed E-state index contributed by atoms with van der Waals surface area (Å²) in [4.78, 5) is 11.1. The van der Waals surface area contributed by atoms with Crippen LogP contribution >= 0.6 is 0 Å². The zero-order chi connectivity index (χ0) is 31.6. The molecule has 0 aromatic heterocycles. The smallest absolute Gasteiger partial charge is 0.303 e. The van der Waals surface area contributed by atoms with Crippen LogP contribution in [0.25, 0.3) is 0 Å². The second-order valence-corrected chi connectivity index (χ2v) is 12.4. The molecule has 1 aliphatic carbocycles. The topological polar surface area (TPSA) is 130 Å². The van der Waals surface area contributed by atoms with Crippen molar-refractivity contribution in [3.05, 3.63) is 58.2 Å². The Morgan fingerprint density at radius 3 is 2.51 bits per heavy atom. The first-order chi connectivity index (χ1) is 20.7. The Hall–Kier alpha value is -2.03. The van der Waals surface area contributed by atoms with Crippen LogP contribution in [-0.4, -0.2) is 69.0 Å². The minimum Gasteiger partial charge on any atom is -0.481 e. The van der Waals surface area contributed by atoms with Gasteiger partial charge in [-0.2, -0.15) is 0 Å². The van der Waals surface area contributed by atoms with Gasteiger partial charge in [0.15, 0.2) is 0 Å². The molecule has 1 aromatic carbocycles. The van der Waals surface area contributed by atoms with Crippen LogP contribution in [0, 0.1) is 5.92 Å². The number of carboxylic acid groups (broad SMARTS) is 1. The van der Waals surface area contributed by atoms with Crippen molar-refractivity contribution in [1.82, 2.24) is 5.32 Å². The molecule has 1 aromatic rings. The Bertz CT molecular complexity index is 1000. The Kier molecular flexibility index (Phi) is 18.0. The lowest BCUT2D eigenvalue weighted by Gasteiger charge is -2.35. The van der Waals surface area contributed by atoms with E-state index in [1.165, 1.54) is 16.7 Å². The van der Waals surface area contributed by atoms with E-state index in [2.05, 4.69) is 37.4 Å². The van der Waals surface area contributed by atoms with E-state index in [0.29, 0.717) is 25.8 Å². The number of fused-ring (bicyclic) bond motifs is 1. The molecule has 7 heteroatoms. The molecule has 0 fully saturated rings. The van der Waals surface area contributed by atoms with Crippen molar-refractivity contribution < 1.29 is 30.3 Å². The quantitative estimate of drug-likeness (QED) is 0.113. The van der Waals surface area contributed by atoms with Gasteiger partial charge in [0.1, 0.15) is 0 Å². The number of unbranched alkanes of at least 4 members (excludes halogenated alkanes) is 4. The first-order valence-electron chi connectivity index (χ1n) is 16.8. The highest BCUT2D eigenvalue weighted by Gasteiger charge is 2.29. The average molecular weight is 602 g/mol. The Morgan fingerprint density at radius 1 is 1.05 bits per heavy atom. The van der Waals surface area contributed by atoms with Crippen LogP contribution < -0.4 is 5.32 Å². The molecule has 244 valence electrons. The average Bonchev–Trinajstić information content (AvgIpc) is 2.98. The largest absolute Gasteiger partial charge is 0.481 e. The van der Waals surface area contributed by atoms with E-state index in [0.717, 1.165) is 81.8 Å². The summed E-state index contributed by atoms with van der Waals surface area (Å²) in [6.07, 6.45) is 13.9. The molecule has 0 saturated heterocycles. The van der Waals surface area contributed by atoms with Crippen LogP contribution in [-0.2, 0) is 24.1 Å². The second kappa shape index (κ2) is 20.8. The number of nitrogens with one attached hydrogen (secondary N) is 1. The number of aliphatic carboxylic acids is 1. The number of rotatable bonds is 19. The van der Waals surface area contributed by atoms with Crippen LogP contribution in [0.1, 0.15) is 115 Å². The van der Waals surface area contributed by atoms with Crippen LogP contribution in [0.15, 0.2) is 41.5 Å². The summed E-state index contributed by atoms with van der Waals surface area (Å²) in [5, 5.41) is 54.5. The van der Waals surface area contributed by atoms with Crippen molar-refractivity contribution in [1.29, 1.82) is 0 Å². The molecule has 5 unspecified atom stereocenters. The van der Waals surface area contributed by atoms with E-state index in [-0.39, 0.29) is 25.0 Å². The van der Waals surface area contributed by atoms with E-state index in [1.807, 2.05) is 12.2 Å². The molecule has 0 saturated carbocycles. The van der Waals surface area contributed by atoms with Crippen LogP contribution in [0.3, 0.4) is 0 Å². The number of allylic oxidation sites excluding steroid dienone is 2. The highest BCUT2D eigenvalue weighted by Crippen LogP contribution is 2.34. The minimum absolute atomic E-state index is 0.137. The molecule has 43 heavy (non-hydrogen) atoms. The Morgan fingerprint density at radius 2 is 1.84 bits per heavy atom. The molecule has 0 bridgehead atoms. The molecule has 7 nitrogen and oxygen atoms in total. The van der Waals surface area contributed by atoms with Gasteiger partial charge in [-0.15, -0.1) is 0 Å². The maximum Gasteiger partial charge on any atom is 0.303 e. The number of benzene rings is 1. The lowest BCUT2D eigenvalue weighted by molar-refractivity contribution is -0.137. The molecule has 0 heterocycles. The Balaban J connectivity index is 2.61. The summed E-state index contributed by atoms with van der Waals surface area (Å²) >= 11 is 0. The normalized spacial score (nSPS) is 20.2. The highest BCUT2D eigenvalue weighted by molar-refractivity contribution is 5.66. The van der Waals surface area contributed by atoms with Crippen LogP contribution in [0.2, 0.25) is 0 Å². The molecular formula is C36H59NO6. The first-order valence-corrected chi connectivity index (χ1v) is 16.8. The number of hydrogen-bond acceptors (Lipinski definition) is 6. The number of aliphatic hydroxyl groups is 4. The van der Waals surface area contributed by atoms with Gasteiger partial charge in [-0.3, -0.25) is 4.79 Å². The van der Waals surface area contributed by atoms with E-state index in [4.69, 9.17) is 5.11 Å². The number of aliphatic hydroxyl groups excluding tert-OH is 4. The third-order valence-corrected chi connectivity index (χ3v) is 8.83. The van der Waals surface area contributed by atoms with Gasteiger partial charge in [0, 0.05) is 19.0 Å². The third-order valence-electron chi connectivity index (χ3n) is 8.83. The fourth-order valence-corrected chi connectivity index (χ4v) is 6.44. The SMILES string of the molecule is CCCCCC(O)C=CC1=C(CC(O)CO)C(NCC(C)O)C(CCCCCC(=O)O)CCc2c(CC)cccc2CC1. The van der Waals surface area contributed by atoms with Crippen LogP contribution in [0.5, 0.6) is 0 Å². The van der Waals surface area contributed by atoms with Gasteiger partial charge in [-0.25, -0.2) is 0 Å². The summed E-state index contributed by atoms with van der Waals surface area (Å²) in [5.41, 5.74) is 6.22. The number of carbonyl (C=O) groups is 1. The fraction of sp³-hybridized carbons (Fsp3) is 0.694. The maximum absolute atomic E-state index is 11.1. The van der Waals surface area contributed by atoms with Crippen molar-refractivity contribution in [2.24, 2.45) is 5.92 Å². The zero-order valence-electron chi connectivity index (χ0n) is 26.9. The van der Waals surface area contributed by atoms with Crippen LogP contribution in [0.4, 0.5) is 0 Å². The molecule has 5 atom stereocenters. The fourth-order valence-electron chi connectivity index (χ4n) is 6.44. The van der Waals surface area contributed by atoms with Crippen molar-refractivity contribution in [3.63, 3.8) is 0 Å².